The molecule has 0 saturated heterocycles. The van der Waals surface area contributed by atoms with Crippen molar-refractivity contribution in [1.29, 1.82) is 5.26 Å². The summed E-state index contributed by atoms with van der Waals surface area (Å²) in [6, 6.07) is 17.8. The van der Waals surface area contributed by atoms with Crippen molar-refractivity contribution in [2.45, 2.75) is 19.8 Å². The first kappa shape index (κ1) is 22.4. The summed E-state index contributed by atoms with van der Waals surface area (Å²) in [6.45, 7) is 3.31. The lowest BCUT2D eigenvalue weighted by Gasteiger charge is -2.26. The molecule has 1 aliphatic heterocycles. The molecule has 0 radical (unpaired) electrons. The number of nitrogens with two attached hydrogens (primary N) is 1. The summed E-state index contributed by atoms with van der Waals surface area (Å²) in [5.41, 5.74) is 7.55. The molecule has 1 amide bonds. The Labute approximate surface area is 185 Å². The number of para-hydroxylation sites is 1. The molecule has 32 heavy (non-hydrogen) atoms. The highest BCUT2D eigenvalue weighted by Crippen LogP contribution is 2.39. The van der Waals surface area contributed by atoms with E-state index in [0.717, 1.165) is 0 Å². The zero-order chi connectivity index (χ0) is 23.1. The minimum atomic E-state index is -0.733. The number of esters is 1. The third kappa shape index (κ3) is 5.08. The number of carbonyl (C=O) groups excluding carboxylic acids is 2. The van der Waals surface area contributed by atoms with Crippen LogP contribution in [-0.4, -0.2) is 25.1 Å². The summed E-state index contributed by atoms with van der Waals surface area (Å²) in [5, 5.41) is 12.4. The fourth-order valence-electron chi connectivity index (χ4n) is 3.31. The van der Waals surface area contributed by atoms with Gasteiger partial charge in [-0.1, -0.05) is 30.3 Å². The molecule has 0 fully saturated rings. The molecule has 8 heteroatoms. The summed E-state index contributed by atoms with van der Waals surface area (Å²) in [4.78, 5) is 24.6. The summed E-state index contributed by atoms with van der Waals surface area (Å²) in [7, 11) is 0. The number of rotatable bonds is 7. The van der Waals surface area contributed by atoms with Gasteiger partial charge in [0.2, 0.25) is 5.88 Å². The lowest BCUT2D eigenvalue weighted by Crippen LogP contribution is -2.25. The fourth-order valence-corrected chi connectivity index (χ4v) is 3.31. The van der Waals surface area contributed by atoms with Crippen molar-refractivity contribution in [3.63, 3.8) is 0 Å². The van der Waals surface area contributed by atoms with Crippen molar-refractivity contribution in [2.75, 3.05) is 18.5 Å². The number of anilines is 1. The van der Waals surface area contributed by atoms with Crippen LogP contribution in [0.25, 0.3) is 0 Å². The Morgan fingerprint density at radius 3 is 2.47 bits per heavy atom. The number of nitriles is 1. The van der Waals surface area contributed by atoms with Crippen LogP contribution in [0.4, 0.5) is 5.69 Å². The monoisotopic (exact) mass is 433 g/mol. The largest absolute Gasteiger partial charge is 0.484 e. The van der Waals surface area contributed by atoms with Crippen LogP contribution >= 0.6 is 0 Å². The molecule has 0 aliphatic carbocycles. The maximum atomic E-state index is 12.6. The molecule has 0 spiro atoms. The first-order valence-corrected chi connectivity index (χ1v) is 9.97. The number of benzene rings is 2. The quantitative estimate of drug-likeness (QED) is 0.642. The van der Waals surface area contributed by atoms with Crippen molar-refractivity contribution < 1.29 is 23.8 Å². The fraction of sp³-hybridized carbons (Fsp3) is 0.208. The maximum Gasteiger partial charge on any atom is 0.338 e. The number of nitrogens with zero attached hydrogens (tertiary/aromatic N) is 1. The first-order chi connectivity index (χ1) is 15.4. The Morgan fingerprint density at radius 1 is 1.16 bits per heavy atom. The van der Waals surface area contributed by atoms with Crippen LogP contribution in [0.3, 0.4) is 0 Å². The zero-order valence-electron chi connectivity index (χ0n) is 17.8. The predicted octanol–water partition coefficient (Wildman–Crippen LogP) is 3.35. The summed E-state index contributed by atoms with van der Waals surface area (Å²) < 4.78 is 16.1. The van der Waals surface area contributed by atoms with E-state index in [1.54, 1.807) is 50.2 Å². The number of hydrogen-bond acceptors (Lipinski definition) is 7. The molecule has 164 valence electrons. The number of allylic oxidation sites excluding steroid dienone is 2. The van der Waals surface area contributed by atoms with Crippen LogP contribution in [-0.2, 0) is 19.1 Å². The highest BCUT2D eigenvalue weighted by molar-refractivity contribution is 5.93. The van der Waals surface area contributed by atoms with Gasteiger partial charge in [0.1, 0.15) is 23.2 Å². The molecule has 1 heterocycles. The zero-order valence-corrected chi connectivity index (χ0v) is 17.8. The average Bonchev–Trinajstić information content (AvgIpc) is 2.78. The number of nitrogens with one attached hydrogen (secondary N) is 1. The normalized spacial score (nSPS) is 15.5. The van der Waals surface area contributed by atoms with Crippen molar-refractivity contribution >= 4 is 17.6 Å². The van der Waals surface area contributed by atoms with E-state index in [2.05, 4.69) is 5.32 Å². The van der Waals surface area contributed by atoms with E-state index in [1.165, 1.54) is 0 Å². The van der Waals surface area contributed by atoms with Gasteiger partial charge in [0, 0.05) is 5.69 Å². The Balaban J connectivity index is 1.76. The van der Waals surface area contributed by atoms with Gasteiger partial charge in [-0.3, -0.25) is 4.79 Å². The second-order valence-electron chi connectivity index (χ2n) is 6.89. The number of carbonyl (C=O) groups is 2. The second-order valence-corrected chi connectivity index (χ2v) is 6.89. The highest BCUT2D eigenvalue weighted by Gasteiger charge is 2.36. The van der Waals surface area contributed by atoms with Gasteiger partial charge in [0.25, 0.3) is 5.91 Å². The lowest BCUT2D eigenvalue weighted by atomic mass is 9.83. The molecule has 8 nitrogen and oxygen atoms in total. The van der Waals surface area contributed by atoms with Crippen molar-refractivity contribution in [3.05, 3.63) is 82.9 Å². The summed E-state index contributed by atoms with van der Waals surface area (Å²) in [5.74, 6) is -0.923. The van der Waals surface area contributed by atoms with E-state index >= 15 is 0 Å². The van der Waals surface area contributed by atoms with Crippen LogP contribution in [0.1, 0.15) is 25.3 Å². The van der Waals surface area contributed by atoms with Gasteiger partial charge in [-0.2, -0.15) is 5.26 Å². The molecular weight excluding hydrogens is 410 g/mol. The molecular formula is C24H23N3O5. The third-order valence-electron chi connectivity index (χ3n) is 4.74. The lowest BCUT2D eigenvalue weighted by molar-refractivity contribution is -0.139. The molecule has 0 saturated carbocycles. The molecule has 1 aliphatic rings. The van der Waals surface area contributed by atoms with Crippen LogP contribution in [0.15, 0.2) is 77.4 Å². The molecule has 1 unspecified atom stereocenters. The standard InChI is InChI=1S/C24H23N3O5/c1-3-30-24(29)21-15(2)32-23(26)19(13-25)22(21)16-9-11-18(12-10-16)31-14-20(28)27-17-7-5-4-6-8-17/h4-12,22H,3,14,26H2,1-2H3,(H,27,28). The van der Waals surface area contributed by atoms with Gasteiger partial charge in [0.05, 0.1) is 18.1 Å². The first-order valence-electron chi connectivity index (χ1n) is 9.97. The number of ether oxygens (including phenoxy) is 3. The van der Waals surface area contributed by atoms with Gasteiger partial charge in [-0.25, -0.2) is 4.79 Å². The molecule has 2 aromatic carbocycles. The van der Waals surface area contributed by atoms with Crippen LogP contribution in [0.5, 0.6) is 5.75 Å². The van der Waals surface area contributed by atoms with Gasteiger partial charge >= 0.3 is 5.97 Å². The Kier molecular flexibility index (Phi) is 7.13. The number of hydrogen-bond donors (Lipinski definition) is 2. The molecule has 0 aromatic heterocycles. The Bertz CT molecular complexity index is 1100. The van der Waals surface area contributed by atoms with Gasteiger partial charge in [0.15, 0.2) is 6.61 Å². The molecule has 3 rings (SSSR count). The molecule has 0 bridgehead atoms. The van der Waals surface area contributed by atoms with E-state index in [9.17, 15) is 14.9 Å². The van der Waals surface area contributed by atoms with Crippen LogP contribution in [0, 0.1) is 11.3 Å². The SMILES string of the molecule is CCOC(=O)C1=C(C)OC(N)=C(C#N)C1c1ccc(OCC(=O)Nc2ccccc2)cc1. The summed E-state index contributed by atoms with van der Waals surface area (Å²) >= 11 is 0. The van der Waals surface area contributed by atoms with E-state index in [4.69, 9.17) is 19.9 Å². The minimum Gasteiger partial charge on any atom is -0.484 e. The predicted molar refractivity (Wildman–Crippen MR) is 117 cm³/mol. The van der Waals surface area contributed by atoms with Crippen molar-refractivity contribution in [1.82, 2.24) is 0 Å². The average molecular weight is 433 g/mol. The molecule has 2 aromatic rings. The number of amides is 1. The van der Waals surface area contributed by atoms with E-state index < -0.39 is 11.9 Å². The summed E-state index contributed by atoms with van der Waals surface area (Å²) in [6.07, 6.45) is 0. The maximum absolute atomic E-state index is 12.6. The van der Waals surface area contributed by atoms with Crippen LogP contribution in [0.2, 0.25) is 0 Å². The minimum absolute atomic E-state index is 0.0547. The Hall–Kier alpha value is -4.25. The van der Waals surface area contributed by atoms with E-state index in [-0.39, 0.29) is 41.9 Å². The third-order valence-corrected chi connectivity index (χ3v) is 4.74. The second kappa shape index (κ2) is 10.2. The Morgan fingerprint density at radius 2 is 1.84 bits per heavy atom. The highest BCUT2D eigenvalue weighted by atomic mass is 16.5. The molecule has 1 atom stereocenters. The van der Waals surface area contributed by atoms with Gasteiger partial charge in [-0.15, -0.1) is 0 Å². The van der Waals surface area contributed by atoms with Crippen molar-refractivity contribution in [3.8, 4) is 11.8 Å². The van der Waals surface area contributed by atoms with Gasteiger partial charge < -0.3 is 25.3 Å². The smallest absolute Gasteiger partial charge is 0.338 e. The van der Waals surface area contributed by atoms with E-state index in [0.29, 0.717) is 17.0 Å². The van der Waals surface area contributed by atoms with E-state index in [1.807, 2.05) is 24.3 Å². The van der Waals surface area contributed by atoms with Crippen LogP contribution < -0.4 is 15.8 Å². The van der Waals surface area contributed by atoms with Crippen molar-refractivity contribution in [2.24, 2.45) is 5.73 Å². The van der Waals surface area contributed by atoms with Gasteiger partial charge in [-0.05, 0) is 43.7 Å². The topological polar surface area (TPSA) is 124 Å². The molecule has 3 N–H and O–H groups in total.